The minimum absolute atomic E-state index is 0.140. The Bertz CT molecular complexity index is 745. The van der Waals surface area contributed by atoms with Crippen LogP contribution in [0.5, 0.6) is 11.5 Å². The number of ether oxygens (including phenoxy) is 2. The summed E-state index contributed by atoms with van der Waals surface area (Å²) >= 11 is 5.44. The van der Waals surface area contributed by atoms with Crippen LogP contribution in [0.4, 0.5) is 0 Å². The molecule has 0 saturated carbocycles. The average Bonchev–Trinajstić information content (AvgIpc) is 2.44. The molecule has 0 fully saturated rings. The predicted octanol–water partition coefficient (Wildman–Crippen LogP) is 2.88. The Morgan fingerprint density at radius 2 is 2.10 bits per heavy atom. The van der Waals surface area contributed by atoms with Gasteiger partial charge in [0.1, 0.15) is 19.0 Å². The molecule has 1 N–H and O–H groups in total. The Hall–Kier alpha value is -1.09. The van der Waals surface area contributed by atoms with Crippen LogP contribution >= 0.6 is 38.5 Å². The molecule has 5 nitrogen and oxygen atoms in total. The minimum atomic E-state index is -0.140. The largest absolute Gasteiger partial charge is 0.486 e. The van der Waals surface area contributed by atoms with Crippen molar-refractivity contribution in [1.29, 1.82) is 0 Å². The van der Waals surface area contributed by atoms with E-state index in [0.717, 1.165) is 10.0 Å². The third kappa shape index (κ3) is 2.44. The summed E-state index contributed by atoms with van der Waals surface area (Å²) in [5, 5.41) is 0. The van der Waals surface area contributed by atoms with Crippen molar-refractivity contribution in [2.75, 3.05) is 13.2 Å². The van der Waals surface area contributed by atoms with Crippen LogP contribution in [0.1, 0.15) is 5.69 Å². The van der Waals surface area contributed by atoms with Gasteiger partial charge in [-0.25, -0.2) is 4.98 Å². The zero-order valence-corrected chi connectivity index (χ0v) is 14.2. The van der Waals surface area contributed by atoms with Gasteiger partial charge < -0.3 is 14.5 Å². The molecule has 7 heteroatoms. The zero-order valence-electron chi connectivity index (χ0n) is 10.5. The lowest BCUT2D eigenvalue weighted by Gasteiger charge is -2.20. The maximum Gasteiger partial charge on any atom is 0.264 e. The van der Waals surface area contributed by atoms with Crippen molar-refractivity contribution in [3.63, 3.8) is 0 Å². The number of aromatic nitrogens is 2. The van der Waals surface area contributed by atoms with Crippen LogP contribution in [-0.2, 0) is 0 Å². The molecule has 0 amide bonds. The lowest BCUT2D eigenvalue weighted by molar-refractivity contribution is 0.170. The maximum atomic E-state index is 11.8. The van der Waals surface area contributed by atoms with E-state index in [2.05, 4.69) is 25.9 Å². The highest BCUT2D eigenvalue weighted by Crippen LogP contribution is 2.40. The molecule has 104 valence electrons. The monoisotopic (exact) mass is 448 g/mol. The second-order valence-electron chi connectivity index (χ2n) is 4.30. The Kier molecular flexibility index (Phi) is 3.72. The van der Waals surface area contributed by atoms with Crippen LogP contribution in [0.3, 0.4) is 0 Å². The van der Waals surface area contributed by atoms with E-state index in [1.165, 1.54) is 0 Å². The molecule has 2 heterocycles. The zero-order chi connectivity index (χ0) is 14.3. The van der Waals surface area contributed by atoms with E-state index in [1.807, 2.05) is 41.6 Å². The number of nitrogens with one attached hydrogen (secondary N) is 1. The molecule has 0 unspecified atom stereocenters. The van der Waals surface area contributed by atoms with Crippen molar-refractivity contribution in [3.8, 4) is 22.9 Å². The van der Waals surface area contributed by atoms with E-state index in [-0.39, 0.29) is 5.56 Å². The van der Waals surface area contributed by atoms with Crippen molar-refractivity contribution in [3.05, 3.63) is 36.2 Å². The number of benzene rings is 1. The maximum absolute atomic E-state index is 11.8. The SMILES string of the molecule is Cc1nc(-c2cc(Br)c3c(c2)OCCO3)[nH]c(=O)c1I. The lowest BCUT2D eigenvalue weighted by Crippen LogP contribution is -2.17. The standard InChI is InChI=1S/C13H10BrIN2O3/c1-6-10(15)13(18)17-12(16-6)7-4-8(14)11-9(5-7)19-2-3-20-11/h4-5H,2-3H2,1H3,(H,16,17,18). The van der Waals surface area contributed by atoms with Gasteiger partial charge in [0.15, 0.2) is 11.5 Å². The topological polar surface area (TPSA) is 64.2 Å². The van der Waals surface area contributed by atoms with Crippen LogP contribution in [-0.4, -0.2) is 23.2 Å². The smallest absolute Gasteiger partial charge is 0.264 e. The number of aryl methyl sites for hydroxylation is 1. The number of halogens is 2. The number of hydrogen-bond acceptors (Lipinski definition) is 4. The van der Waals surface area contributed by atoms with Gasteiger partial charge in [0.05, 0.1) is 13.7 Å². The molecule has 20 heavy (non-hydrogen) atoms. The summed E-state index contributed by atoms with van der Waals surface area (Å²) in [5.74, 6) is 1.86. The van der Waals surface area contributed by atoms with Crippen LogP contribution in [0.25, 0.3) is 11.4 Å². The molecule has 0 bridgehead atoms. The Labute approximate surface area is 137 Å². The van der Waals surface area contributed by atoms with E-state index >= 15 is 0 Å². The fourth-order valence-corrected chi connectivity index (χ4v) is 2.77. The van der Waals surface area contributed by atoms with Crippen LogP contribution < -0.4 is 15.0 Å². The van der Waals surface area contributed by atoms with Crippen molar-refractivity contribution < 1.29 is 9.47 Å². The fraction of sp³-hybridized carbons (Fsp3) is 0.231. The molecule has 1 aromatic carbocycles. The highest BCUT2D eigenvalue weighted by atomic mass is 127. The van der Waals surface area contributed by atoms with Gasteiger partial charge in [-0.15, -0.1) is 0 Å². The first kappa shape index (κ1) is 13.9. The van der Waals surface area contributed by atoms with E-state index in [9.17, 15) is 4.79 Å². The number of aromatic amines is 1. The van der Waals surface area contributed by atoms with Crippen LogP contribution in [0.15, 0.2) is 21.4 Å². The molecular formula is C13H10BrIN2O3. The van der Waals surface area contributed by atoms with E-state index in [1.54, 1.807) is 0 Å². The van der Waals surface area contributed by atoms with Gasteiger partial charge in [0.2, 0.25) is 0 Å². The van der Waals surface area contributed by atoms with Gasteiger partial charge in [-0.1, -0.05) is 0 Å². The number of fused-ring (bicyclic) bond motifs is 1. The molecule has 0 spiro atoms. The van der Waals surface area contributed by atoms with Gasteiger partial charge in [-0.05, 0) is 57.6 Å². The Morgan fingerprint density at radius 1 is 1.35 bits per heavy atom. The average molecular weight is 449 g/mol. The van der Waals surface area contributed by atoms with Gasteiger partial charge in [-0.3, -0.25) is 4.79 Å². The van der Waals surface area contributed by atoms with Gasteiger partial charge in [-0.2, -0.15) is 0 Å². The molecule has 3 rings (SSSR count). The molecular weight excluding hydrogens is 439 g/mol. The van der Waals surface area contributed by atoms with Crippen molar-refractivity contribution >= 4 is 38.5 Å². The summed E-state index contributed by atoms with van der Waals surface area (Å²) in [4.78, 5) is 19.0. The molecule has 0 atom stereocenters. The van der Waals surface area contributed by atoms with Gasteiger partial charge in [0, 0.05) is 5.56 Å². The van der Waals surface area contributed by atoms with E-state index in [4.69, 9.17) is 9.47 Å². The second kappa shape index (κ2) is 5.36. The molecule has 2 aromatic rings. The first-order valence-electron chi connectivity index (χ1n) is 5.92. The Morgan fingerprint density at radius 3 is 2.85 bits per heavy atom. The third-order valence-electron chi connectivity index (χ3n) is 2.90. The van der Waals surface area contributed by atoms with Crippen LogP contribution in [0, 0.1) is 10.5 Å². The molecule has 0 saturated heterocycles. The summed E-state index contributed by atoms with van der Waals surface area (Å²) < 4.78 is 12.5. The lowest BCUT2D eigenvalue weighted by atomic mass is 10.1. The van der Waals surface area contributed by atoms with Crippen molar-refractivity contribution in [2.45, 2.75) is 6.92 Å². The molecule has 0 radical (unpaired) electrons. The summed E-state index contributed by atoms with van der Waals surface area (Å²) in [6.45, 7) is 2.86. The number of hydrogen-bond donors (Lipinski definition) is 1. The summed E-state index contributed by atoms with van der Waals surface area (Å²) in [5.41, 5.74) is 1.34. The summed E-state index contributed by atoms with van der Waals surface area (Å²) in [6.07, 6.45) is 0. The molecule has 1 aliphatic rings. The molecule has 1 aromatic heterocycles. The van der Waals surface area contributed by atoms with E-state index < -0.39 is 0 Å². The first-order chi connectivity index (χ1) is 9.56. The minimum Gasteiger partial charge on any atom is -0.486 e. The van der Waals surface area contributed by atoms with Crippen molar-refractivity contribution in [1.82, 2.24) is 9.97 Å². The van der Waals surface area contributed by atoms with Crippen LogP contribution in [0.2, 0.25) is 0 Å². The molecule has 1 aliphatic heterocycles. The Balaban J connectivity index is 2.16. The van der Waals surface area contributed by atoms with Gasteiger partial charge >= 0.3 is 0 Å². The van der Waals surface area contributed by atoms with Gasteiger partial charge in [0.25, 0.3) is 5.56 Å². The molecule has 0 aliphatic carbocycles. The normalized spacial score (nSPS) is 13.3. The predicted molar refractivity (Wildman–Crippen MR) is 86.4 cm³/mol. The summed E-state index contributed by atoms with van der Waals surface area (Å²) in [7, 11) is 0. The van der Waals surface area contributed by atoms with E-state index in [0.29, 0.717) is 39.8 Å². The highest BCUT2D eigenvalue weighted by molar-refractivity contribution is 14.1. The highest BCUT2D eigenvalue weighted by Gasteiger charge is 2.18. The van der Waals surface area contributed by atoms with Crippen molar-refractivity contribution in [2.24, 2.45) is 0 Å². The number of rotatable bonds is 1. The number of H-pyrrole nitrogens is 1. The summed E-state index contributed by atoms with van der Waals surface area (Å²) in [6, 6.07) is 3.68. The fourth-order valence-electron chi connectivity index (χ4n) is 1.96. The second-order valence-corrected chi connectivity index (χ2v) is 6.23. The first-order valence-corrected chi connectivity index (χ1v) is 7.79. The third-order valence-corrected chi connectivity index (χ3v) is 4.76. The number of nitrogens with zero attached hydrogens (tertiary/aromatic N) is 1. The quantitative estimate of drug-likeness (QED) is 0.681.